The second-order valence-corrected chi connectivity index (χ2v) is 5.71. The quantitative estimate of drug-likeness (QED) is 0.894. The van der Waals surface area contributed by atoms with Crippen LogP contribution < -0.4 is 14.8 Å². The van der Waals surface area contributed by atoms with Crippen molar-refractivity contribution in [3.63, 3.8) is 0 Å². The molecule has 24 heavy (non-hydrogen) atoms. The summed E-state index contributed by atoms with van der Waals surface area (Å²) >= 11 is 0. The first-order valence-electron chi connectivity index (χ1n) is 8.04. The van der Waals surface area contributed by atoms with Crippen LogP contribution >= 0.6 is 0 Å². The van der Waals surface area contributed by atoms with Crippen molar-refractivity contribution >= 4 is 11.9 Å². The number of ether oxygens (including phenoxy) is 3. The Bertz CT molecular complexity index is 739. The molecule has 1 atom stereocenters. The largest absolute Gasteiger partial charge is 0.490 e. The Hall–Kier alpha value is -2.61. The molecule has 0 radical (unpaired) electrons. The third-order valence-electron chi connectivity index (χ3n) is 3.97. The average Bonchev–Trinajstić information content (AvgIpc) is 3.22. The number of amides is 1. The summed E-state index contributed by atoms with van der Waals surface area (Å²) in [5.74, 6) is 1.81. The first-order chi connectivity index (χ1) is 11.8. The van der Waals surface area contributed by atoms with Crippen molar-refractivity contribution in [3.8, 4) is 11.5 Å². The van der Waals surface area contributed by atoms with Crippen LogP contribution in [-0.4, -0.2) is 40.9 Å². The smallest absolute Gasteiger partial charge is 0.258 e. The molecule has 2 aliphatic heterocycles. The number of anilines is 1. The number of hydrogen-bond donors (Lipinski definition) is 2. The number of aromatic amines is 1. The summed E-state index contributed by atoms with van der Waals surface area (Å²) in [5, 5.41) is 9.52. The van der Waals surface area contributed by atoms with Gasteiger partial charge in [-0.1, -0.05) is 0 Å². The maximum Gasteiger partial charge on any atom is 0.258 e. The minimum absolute atomic E-state index is 0.0683. The molecule has 0 spiro atoms. The molecule has 1 saturated heterocycles. The number of carbonyl (C=O) groups is 1. The summed E-state index contributed by atoms with van der Waals surface area (Å²) in [6.45, 7) is 1.91. The van der Waals surface area contributed by atoms with Crippen molar-refractivity contribution in [2.75, 3.05) is 25.1 Å². The van der Waals surface area contributed by atoms with Gasteiger partial charge in [0, 0.05) is 18.6 Å². The summed E-state index contributed by atoms with van der Waals surface area (Å²) < 4.78 is 16.7. The number of carbonyl (C=O) groups excluding carboxylic acids is 1. The molecular weight excluding hydrogens is 312 g/mol. The zero-order chi connectivity index (χ0) is 16.4. The molecule has 1 aromatic carbocycles. The normalized spacial score (nSPS) is 19.8. The van der Waals surface area contributed by atoms with Crippen LogP contribution in [-0.2, 0) is 4.74 Å². The second kappa shape index (κ2) is 6.48. The van der Waals surface area contributed by atoms with Crippen LogP contribution in [0.5, 0.6) is 11.5 Å². The number of hydrogen-bond acceptors (Lipinski definition) is 6. The molecule has 3 heterocycles. The molecule has 2 aliphatic rings. The molecule has 1 aromatic heterocycles. The highest BCUT2D eigenvalue weighted by molar-refractivity contribution is 6.03. The van der Waals surface area contributed by atoms with E-state index in [2.05, 4.69) is 20.5 Å². The van der Waals surface area contributed by atoms with E-state index in [0.29, 0.717) is 36.1 Å². The highest BCUT2D eigenvalue weighted by Crippen LogP contribution is 2.30. The van der Waals surface area contributed by atoms with Gasteiger partial charge in [-0.05, 0) is 31.0 Å². The maximum atomic E-state index is 12.4. The molecular formula is C16H18N4O4. The van der Waals surface area contributed by atoms with Gasteiger partial charge in [0.15, 0.2) is 17.3 Å². The van der Waals surface area contributed by atoms with E-state index >= 15 is 0 Å². The van der Waals surface area contributed by atoms with Crippen LogP contribution in [0.25, 0.3) is 0 Å². The highest BCUT2D eigenvalue weighted by atomic mass is 16.5. The standard InChI is InChI=1S/C16H18N4O4/c21-15(10-4-5-11-13(9-10)24-8-2-7-22-11)18-16-17-14(19-20-16)12-3-1-6-23-12/h4-5,9,12H,1-3,6-8H2,(H2,17,18,19,20,21)/t12-/m1/s1. The number of benzene rings is 1. The molecule has 1 amide bonds. The third-order valence-corrected chi connectivity index (χ3v) is 3.97. The van der Waals surface area contributed by atoms with Crippen molar-refractivity contribution in [3.05, 3.63) is 29.6 Å². The lowest BCUT2D eigenvalue weighted by Gasteiger charge is -2.08. The Morgan fingerprint density at radius 3 is 2.88 bits per heavy atom. The zero-order valence-corrected chi connectivity index (χ0v) is 13.1. The molecule has 0 unspecified atom stereocenters. The van der Waals surface area contributed by atoms with E-state index in [4.69, 9.17) is 14.2 Å². The maximum absolute atomic E-state index is 12.4. The summed E-state index contributed by atoms with van der Waals surface area (Å²) in [5.41, 5.74) is 0.461. The van der Waals surface area contributed by atoms with Gasteiger partial charge in [-0.2, -0.15) is 4.98 Å². The van der Waals surface area contributed by atoms with Crippen molar-refractivity contribution in [2.45, 2.75) is 25.4 Å². The first-order valence-corrected chi connectivity index (χ1v) is 8.04. The molecule has 0 aliphatic carbocycles. The lowest BCUT2D eigenvalue weighted by atomic mass is 10.2. The fraction of sp³-hybridized carbons (Fsp3) is 0.438. The zero-order valence-electron chi connectivity index (χ0n) is 13.1. The Kier molecular flexibility index (Phi) is 4.04. The number of H-pyrrole nitrogens is 1. The van der Waals surface area contributed by atoms with E-state index in [1.165, 1.54) is 0 Å². The molecule has 8 heteroatoms. The highest BCUT2D eigenvalue weighted by Gasteiger charge is 2.22. The predicted octanol–water partition coefficient (Wildman–Crippen LogP) is 2.07. The number of rotatable bonds is 3. The fourth-order valence-corrected chi connectivity index (χ4v) is 2.75. The second-order valence-electron chi connectivity index (χ2n) is 5.71. The van der Waals surface area contributed by atoms with Gasteiger partial charge in [0.1, 0.15) is 6.10 Å². The monoisotopic (exact) mass is 330 g/mol. The van der Waals surface area contributed by atoms with Crippen molar-refractivity contribution < 1.29 is 19.0 Å². The number of nitrogens with zero attached hydrogens (tertiary/aromatic N) is 2. The lowest BCUT2D eigenvalue weighted by molar-refractivity contribution is 0.102. The van der Waals surface area contributed by atoms with Gasteiger partial charge in [0.2, 0.25) is 5.95 Å². The summed E-state index contributed by atoms with van der Waals surface area (Å²) in [6, 6.07) is 5.10. The topological polar surface area (TPSA) is 98.4 Å². The first kappa shape index (κ1) is 14.9. The van der Waals surface area contributed by atoms with Crippen LogP contribution in [0.15, 0.2) is 18.2 Å². The van der Waals surface area contributed by atoms with Gasteiger partial charge in [0.25, 0.3) is 5.91 Å². The summed E-state index contributed by atoms with van der Waals surface area (Å²) in [4.78, 5) is 16.7. The van der Waals surface area contributed by atoms with E-state index in [-0.39, 0.29) is 18.0 Å². The molecule has 0 saturated carbocycles. The van der Waals surface area contributed by atoms with Crippen LogP contribution in [0.1, 0.15) is 41.5 Å². The Labute approximate surface area is 138 Å². The molecule has 0 bridgehead atoms. The molecule has 2 aromatic rings. The number of nitrogens with one attached hydrogen (secondary N) is 2. The summed E-state index contributed by atoms with van der Waals surface area (Å²) in [7, 11) is 0. The molecule has 126 valence electrons. The van der Waals surface area contributed by atoms with Crippen molar-refractivity contribution in [2.24, 2.45) is 0 Å². The van der Waals surface area contributed by atoms with E-state index in [1.54, 1.807) is 18.2 Å². The van der Waals surface area contributed by atoms with E-state index in [9.17, 15) is 4.79 Å². The van der Waals surface area contributed by atoms with Crippen molar-refractivity contribution in [1.82, 2.24) is 15.2 Å². The predicted molar refractivity (Wildman–Crippen MR) is 84.3 cm³/mol. The SMILES string of the molecule is O=C(Nc1n[nH]c([C@H]2CCCO2)n1)c1ccc2c(c1)OCCCO2. The van der Waals surface area contributed by atoms with Gasteiger partial charge in [0.05, 0.1) is 13.2 Å². The van der Waals surface area contributed by atoms with Gasteiger partial charge < -0.3 is 14.2 Å². The van der Waals surface area contributed by atoms with E-state index < -0.39 is 0 Å². The van der Waals surface area contributed by atoms with E-state index in [1.807, 2.05) is 0 Å². The lowest BCUT2D eigenvalue weighted by Crippen LogP contribution is -2.13. The fourth-order valence-electron chi connectivity index (χ4n) is 2.75. The van der Waals surface area contributed by atoms with Gasteiger partial charge >= 0.3 is 0 Å². The molecule has 2 N–H and O–H groups in total. The van der Waals surface area contributed by atoms with Gasteiger partial charge in [-0.3, -0.25) is 15.2 Å². The van der Waals surface area contributed by atoms with Gasteiger partial charge in [-0.25, -0.2) is 0 Å². The van der Waals surface area contributed by atoms with Gasteiger partial charge in [-0.15, -0.1) is 5.10 Å². The molecule has 1 fully saturated rings. The van der Waals surface area contributed by atoms with Crippen molar-refractivity contribution in [1.29, 1.82) is 0 Å². The number of fused-ring (bicyclic) bond motifs is 1. The van der Waals surface area contributed by atoms with Crippen LogP contribution in [0.4, 0.5) is 5.95 Å². The average molecular weight is 330 g/mol. The van der Waals surface area contributed by atoms with Crippen LogP contribution in [0.3, 0.4) is 0 Å². The number of aromatic nitrogens is 3. The minimum Gasteiger partial charge on any atom is -0.490 e. The molecule has 4 rings (SSSR count). The third kappa shape index (κ3) is 3.05. The van der Waals surface area contributed by atoms with E-state index in [0.717, 1.165) is 25.9 Å². The Morgan fingerprint density at radius 2 is 2.04 bits per heavy atom. The van der Waals surface area contributed by atoms with Crippen LogP contribution in [0.2, 0.25) is 0 Å². The minimum atomic E-state index is -0.302. The summed E-state index contributed by atoms with van der Waals surface area (Å²) in [6.07, 6.45) is 2.66. The van der Waals surface area contributed by atoms with Crippen LogP contribution in [0, 0.1) is 0 Å². The Morgan fingerprint density at radius 1 is 1.17 bits per heavy atom. The molecule has 8 nitrogen and oxygen atoms in total. The Balaban J connectivity index is 1.47.